The van der Waals surface area contributed by atoms with Crippen molar-refractivity contribution in [2.75, 3.05) is 26.7 Å². The molecule has 7 nitrogen and oxygen atoms in total. The van der Waals surface area contributed by atoms with Crippen molar-refractivity contribution in [1.29, 1.82) is 0 Å². The number of nitrogens with one attached hydrogen (secondary N) is 1. The number of nitrogens with two attached hydrogens (primary N) is 1. The number of piperidine rings is 1. The molecule has 0 radical (unpaired) electrons. The second kappa shape index (κ2) is 7.24. The molecule has 7 heteroatoms. The summed E-state index contributed by atoms with van der Waals surface area (Å²) in [4.78, 5) is 24.9. The Bertz CT molecular complexity index is 494. The summed E-state index contributed by atoms with van der Waals surface area (Å²) in [6, 6.07) is 1.82. The van der Waals surface area contributed by atoms with E-state index in [9.17, 15) is 9.59 Å². The van der Waals surface area contributed by atoms with Crippen LogP contribution in [0.4, 0.5) is 0 Å². The number of esters is 1. The molecule has 116 valence electrons. The molecular formula is C14H21N3O4. The first kappa shape index (κ1) is 15.5. The summed E-state index contributed by atoms with van der Waals surface area (Å²) in [5.41, 5.74) is 5.72. The molecule has 0 unspecified atom stereocenters. The van der Waals surface area contributed by atoms with Crippen LogP contribution in [0, 0.1) is 0 Å². The summed E-state index contributed by atoms with van der Waals surface area (Å²) in [6.07, 6.45) is 3.32. The van der Waals surface area contributed by atoms with Gasteiger partial charge in [0, 0.05) is 6.04 Å². The van der Waals surface area contributed by atoms with Gasteiger partial charge < -0.3 is 20.2 Å². The molecule has 1 aromatic rings. The first-order valence-electron chi connectivity index (χ1n) is 6.99. The zero-order valence-electron chi connectivity index (χ0n) is 12.1. The summed E-state index contributed by atoms with van der Waals surface area (Å²) in [6.45, 7) is 2.32. The van der Waals surface area contributed by atoms with E-state index in [2.05, 4.69) is 5.32 Å². The summed E-state index contributed by atoms with van der Waals surface area (Å²) in [5.74, 6) is -0.329. The number of hydrogen-bond acceptors (Lipinski definition) is 6. The van der Waals surface area contributed by atoms with Gasteiger partial charge in [-0.05, 0) is 32.0 Å². The van der Waals surface area contributed by atoms with Crippen molar-refractivity contribution in [3.05, 3.63) is 23.7 Å². The molecule has 2 heterocycles. The number of carbonyl (C=O) groups excluding carboxylic acids is 2. The highest BCUT2D eigenvalue weighted by Gasteiger charge is 2.25. The lowest BCUT2D eigenvalue weighted by molar-refractivity contribution is -0.120. The van der Waals surface area contributed by atoms with E-state index in [1.54, 1.807) is 6.07 Å². The third-order valence-corrected chi connectivity index (χ3v) is 3.68. The molecule has 0 bridgehead atoms. The van der Waals surface area contributed by atoms with Crippen LogP contribution in [0.3, 0.4) is 0 Å². The maximum absolute atomic E-state index is 11.7. The van der Waals surface area contributed by atoms with Gasteiger partial charge in [-0.15, -0.1) is 0 Å². The zero-order chi connectivity index (χ0) is 15.2. The van der Waals surface area contributed by atoms with Crippen LogP contribution in [-0.4, -0.2) is 49.6 Å². The van der Waals surface area contributed by atoms with Gasteiger partial charge in [-0.1, -0.05) is 0 Å². The average Bonchev–Trinajstić information content (AvgIpc) is 2.94. The Kier molecular flexibility index (Phi) is 5.35. The van der Waals surface area contributed by atoms with Gasteiger partial charge in [0.2, 0.25) is 5.91 Å². The average molecular weight is 295 g/mol. The van der Waals surface area contributed by atoms with Crippen LogP contribution in [0.15, 0.2) is 16.7 Å². The second-order valence-corrected chi connectivity index (χ2v) is 5.10. The van der Waals surface area contributed by atoms with E-state index in [0.29, 0.717) is 17.9 Å². The predicted octanol–water partition coefficient (Wildman–Crippen LogP) is 0.106. The van der Waals surface area contributed by atoms with Gasteiger partial charge in [0.15, 0.2) is 0 Å². The smallest absolute Gasteiger partial charge is 0.341 e. The Morgan fingerprint density at radius 2 is 2.19 bits per heavy atom. The van der Waals surface area contributed by atoms with Crippen molar-refractivity contribution in [3.8, 4) is 0 Å². The highest BCUT2D eigenvalue weighted by molar-refractivity contribution is 5.90. The van der Waals surface area contributed by atoms with Crippen LogP contribution in [0.1, 0.15) is 29.0 Å². The van der Waals surface area contributed by atoms with Gasteiger partial charge in [0.05, 0.1) is 26.5 Å². The van der Waals surface area contributed by atoms with Crippen molar-refractivity contribution < 1.29 is 18.7 Å². The van der Waals surface area contributed by atoms with E-state index in [4.69, 9.17) is 14.9 Å². The highest BCUT2D eigenvalue weighted by Crippen LogP contribution is 2.19. The number of ether oxygens (including phenoxy) is 1. The Hall–Kier alpha value is -1.86. The number of rotatable bonds is 6. The van der Waals surface area contributed by atoms with Crippen LogP contribution in [0.25, 0.3) is 0 Å². The maximum atomic E-state index is 11.7. The first-order chi connectivity index (χ1) is 10.1. The maximum Gasteiger partial charge on any atom is 0.341 e. The highest BCUT2D eigenvalue weighted by atomic mass is 16.5. The lowest BCUT2D eigenvalue weighted by Crippen LogP contribution is -2.46. The van der Waals surface area contributed by atoms with Gasteiger partial charge in [0.25, 0.3) is 0 Å². The standard InChI is InChI=1S/C14H21N3O4/c1-20-14(19)11-4-7-21-12(11)8-17(9-13(15)18)10-2-5-16-6-3-10/h4,7,10,16H,2-3,5-6,8-9H2,1H3,(H2,15,18). The van der Waals surface area contributed by atoms with Crippen molar-refractivity contribution in [3.63, 3.8) is 0 Å². The van der Waals surface area contributed by atoms with Gasteiger partial charge in [-0.3, -0.25) is 9.69 Å². The number of amides is 1. The SMILES string of the molecule is COC(=O)c1ccoc1CN(CC(N)=O)C1CCNCC1. The molecule has 1 amide bonds. The lowest BCUT2D eigenvalue weighted by atomic mass is 10.0. The van der Waals surface area contributed by atoms with Gasteiger partial charge in [0.1, 0.15) is 11.3 Å². The number of furan rings is 1. The van der Waals surface area contributed by atoms with E-state index < -0.39 is 5.97 Å². The Balaban J connectivity index is 2.12. The molecule has 0 aromatic carbocycles. The van der Waals surface area contributed by atoms with Gasteiger partial charge >= 0.3 is 5.97 Å². The normalized spacial score (nSPS) is 16.1. The van der Waals surface area contributed by atoms with Gasteiger partial charge in [-0.25, -0.2) is 4.79 Å². The first-order valence-corrected chi connectivity index (χ1v) is 6.99. The molecular weight excluding hydrogens is 274 g/mol. The van der Waals surface area contributed by atoms with Crippen LogP contribution in [0.5, 0.6) is 0 Å². The largest absolute Gasteiger partial charge is 0.467 e. The minimum absolute atomic E-state index is 0.145. The summed E-state index contributed by atoms with van der Waals surface area (Å²) >= 11 is 0. The quantitative estimate of drug-likeness (QED) is 0.723. The number of hydrogen-bond donors (Lipinski definition) is 2. The molecule has 0 spiro atoms. The number of carbonyl (C=O) groups is 2. The second-order valence-electron chi connectivity index (χ2n) is 5.10. The lowest BCUT2D eigenvalue weighted by Gasteiger charge is -2.33. The number of nitrogens with zero attached hydrogens (tertiary/aromatic N) is 1. The van der Waals surface area contributed by atoms with E-state index in [-0.39, 0.29) is 18.5 Å². The van der Waals surface area contributed by atoms with Crippen LogP contribution < -0.4 is 11.1 Å². The monoisotopic (exact) mass is 295 g/mol. The van der Waals surface area contributed by atoms with Crippen LogP contribution in [0.2, 0.25) is 0 Å². The van der Waals surface area contributed by atoms with E-state index in [1.807, 2.05) is 4.90 Å². The number of primary amides is 1. The fourth-order valence-electron chi connectivity index (χ4n) is 2.63. The molecule has 1 aliphatic rings. The van der Waals surface area contributed by atoms with Crippen molar-refractivity contribution >= 4 is 11.9 Å². The minimum atomic E-state index is -0.442. The fourth-order valence-corrected chi connectivity index (χ4v) is 2.63. The van der Waals surface area contributed by atoms with E-state index >= 15 is 0 Å². The molecule has 1 aromatic heterocycles. The summed E-state index contributed by atoms with van der Waals surface area (Å²) < 4.78 is 10.1. The third-order valence-electron chi connectivity index (χ3n) is 3.68. The van der Waals surface area contributed by atoms with Crippen molar-refractivity contribution in [2.24, 2.45) is 5.73 Å². The molecule has 0 atom stereocenters. The van der Waals surface area contributed by atoms with Crippen molar-refractivity contribution in [1.82, 2.24) is 10.2 Å². The molecule has 21 heavy (non-hydrogen) atoms. The molecule has 0 saturated carbocycles. The third kappa shape index (κ3) is 4.05. The Morgan fingerprint density at radius 1 is 1.48 bits per heavy atom. The van der Waals surface area contributed by atoms with E-state index in [0.717, 1.165) is 25.9 Å². The molecule has 0 aliphatic carbocycles. The van der Waals surface area contributed by atoms with Crippen molar-refractivity contribution in [2.45, 2.75) is 25.4 Å². The molecule has 1 aliphatic heterocycles. The topological polar surface area (TPSA) is 97.8 Å². The molecule has 1 saturated heterocycles. The zero-order valence-corrected chi connectivity index (χ0v) is 12.1. The minimum Gasteiger partial charge on any atom is -0.467 e. The predicted molar refractivity (Wildman–Crippen MR) is 75.5 cm³/mol. The molecule has 1 fully saturated rings. The van der Waals surface area contributed by atoms with Crippen LogP contribution >= 0.6 is 0 Å². The summed E-state index contributed by atoms with van der Waals surface area (Å²) in [5, 5.41) is 3.28. The van der Waals surface area contributed by atoms with Gasteiger partial charge in [-0.2, -0.15) is 0 Å². The number of methoxy groups -OCH3 is 1. The fraction of sp³-hybridized carbons (Fsp3) is 0.571. The van der Waals surface area contributed by atoms with Crippen LogP contribution in [-0.2, 0) is 16.1 Å². The summed E-state index contributed by atoms with van der Waals surface area (Å²) in [7, 11) is 1.33. The molecule has 3 N–H and O–H groups in total. The Labute approximate surface area is 123 Å². The van der Waals surface area contributed by atoms with E-state index in [1.165, 1.54) is 13.4 Å². The molecule has 2 rings (SSSR count). The Morgan fingerprint density at radius 3 is 2.81 bits per heavy atom.